The number of nitrogen functional groups attached to an aromatic ring is 1. The van der Waals surface area contributed by atoms with Gasteiger partial charge in [0.25, 0.3) is 0 Å². The Morgan fingerprint density at radius 2 is 2.29 bits per heavy atom. The predicted molar refractivity (Wildman–Crippen MR) is 63.4 cm³/mol. The molecule has 0 saturated carbocycles. The largest absolute Gasteiger partial charge is 0.399 e. The molecule has 1 fully saturated rings. The number of fused-ring (bicyclic) bond motifs is 1. The molecule has 3 rings (SSSR count). The Kier molecular flexibility index (Phi) is 2.12. The van der Waals surface area contributed by atoms with Crippen LogP contribution in [-0.2, 0) is 9.84 Å². The maximum absolute atomic E-state index is 11.4. The Bertz CT molecular complexity index is 677. The maximum atomic E-state index is 11.4. The first-order valence-electron chi connectivity index (χ1n) is 5.36. The summed E-state index contributed by atoms with van der Waals surface area (Å²) < 4.78 is 24.4. The van der Waals surface area contributed by atoms with Crippen molar-refractivity contribution in [2.75, 3.05) is 17.2 Å². The van der Waals surface area contributed by atoms with E-state index >= 15 is 0 Å². The lowest BCUT2D eigenvalue weighted by molar-refractivity contribution is 0.601. The first kappa shape index (κ1) is 10.5. The third-order valence-electron chi connectivity index (χ3n) is 2.98. The van der Waals surface area contributed by atoms with E-state index in [-0.39, 0.29) is 17.4 Å². The Labute approximate surface area is 98.4 Å². The molecule has 3 heterocycles. The molecule has 2 N–H and O–H groups in total. The van der Waals surface area contributed by atoms with E-state index in [0.29, 0.717) is 23.6 Å². The van der Waals surface area contributed by atoms with Crippen molar-refractivity contribution in [1.29, 1.82) is 0 Å². The van der Waals surface area contributed by atoms with Crippen LogP contribution in [0.25, 0.3) is 5.65 Å². The van der Waals surface area contributed by atoms with Gasteiger partial charge in [0.05, 0.1) is 11.5 Å². The average Bonchev–Trinajstić information content (AvgIpc) is 2.80. The Hall–Kier alpha value is -1.63. The Morgan fingerprint density at radius 3 is 3.00 bits per heavy atom. The van der Waals surface area contributed by atoms with Crippen molar-refractivity contribution < 1.29 is 8.42 Å². The molecular weight excluding hydrogens is 240 g/mol. The second-order valence-electron chi connectivity index (χ2n) is 4.33. The van der Waals surface area contributed by atoms with Crippen molar-refractivity contribution >= 4 is 21.2 Å². The monoisotopic (exact) mass is 252 g/mol. The van der Waals surface area contributed by atoms with Crippen LogP contribution >= 0.6 is 0 Å². The topological polar surface area (TPSA) is 90.4 Å². The minimum Gasteiger partial charge on any atom is -0.399 e. The predicted octanol–water partition coefficient (Wildman–Crippen LogP) is 0.214. The molecule has 0 spiro atoms. The smallest absolute Gasteiger partial charge is 0.157 e. The fraction of sp³-hybridized carbons (Fsp3) is 0.400. The van der Waals surface area contributed by atoms with Crippen LogP contribution in [0.4, 0.5) is 5.69 Å². The maximum Gasteiger partial charge on any atom is 0.157 e. The summed E-state index contributed by atoms with van der Waals surface area (Å²) in [7, 11) is -2.90. The third kappa shape index (κ3) is 1.86. The molecule has 1 atom stereocenters. The van der Waals surface area contributed by atoms with Crippen LogP contribution < -0.4 is 5.73 Å². The fourth-order valence-corrected chi connectivity index (χ4v) is 3.83. The van der Waals surface area contributed by atoms with Crippen LogP contribution in [0.15, 0.2) is 18.3 Å². The molecule has 1 aliphatic heterocycles. The van der Waals surface area contributed by atoms with Crippen LogP contribution in [0, 0.1) is 0 Å². The zero-order valence-electron chi connectivity index (χ0n) is 9.07. The van der Waals surface area contributed by atoms with Crippen molar-refractivity contribution in [3.63, 3.8) is 0 Å². The number of anilines is 1. The summed E-state index contributed by atoms with van der Waals surface area (Å²) in [6.45, 7) is 0. The normalized spacial score (nSPS) is 23.2. The van der Waals surface area contributed by atoms with Gasteiger partial charge in [-0.2, -0.15) is 5.10 Å². The van der Waals surface area contributed by atoms with Crippen molar-refractivity contribution in [2.24, 2.45) is 0 Å². The molecule has 2 aromatic rings. The fourth-order valence-electron chi connectivity index (χ4n) is 2.09. The summed E-state index contributed by atoms with van der Waals surface area (Å²) in [4.78, 5) is 4.33. The van der Waals surface area contributed by atoms with E-state index in [1.807, 2.05) is 0 Å². The number of hydrogen-bond donors (Lipinski definition) is 1. The minimum atomic E-state index is -2.90. The molecule has 0 aromatic carbocycles. The number of aromatic nitrogens is 3. The molecule has 1 aliphatic rings. The highest BCUT2D eigenvalue weighted by Gasteiger charge is 2.31. The molecule has 0 radical (unpaired) electrons. The van der Waals surface area contributed by atoms with E-state index < -0.39 is 9.84 Å². The lowest BCUT2D eigenvalue weighted by atomic mass is 10.1. The van der Waals surface area contributed by atoms with Crippen molar-refractivity contribution in [1.82, 2.24) is 14.6 Å². The van der Waals surface area contributed by atoms with Crippen LogP contribution in [0.2, 0.25) is 0 Å². The Balaban J connectivity index is 2.02. The zero-order valence-corrected chi connectivity index (χ0v) is 9.89. The van der Waals surface area contributed by atoms with Gasteiger partial charge < -0.3 is 5.73 Å². The second-order valence-corrected chi connectivity index (χ2v) is 6.56. The van der Waals surface area contributed by atoms with Gasteiger partial charge in [-0.1, -0.05) is 0 Å². The lowest BCUT2D eigenvalue weighted by Crippen LogP contribution is -2.05. The van der Waals surface area contributed by atoms with E-state index in [4.69, 9.17) is 5.73 Å². The lowest BCUT2D eigenvalue weighted by Gasteiger charge is -1.98. The highest BCUT2D eigenvalue weighted by Crippen LogP contribution is 2.26. The molecule has 2 aromatic heterocycles. The summed E-state index contributed by atoms with van der Waals surface area (Å²) in [5, 5.41) is 4.29. The summed E-state index contributed by atoms with van der Waals surface area (Å²) >= 11 is 0. The molecule has 0 amide bonds. The van der Waals surface area contributed by atoms with Gasteiger partial charge in [0, 0.05) is 23.9 Å². The van der Waals surface area contributed by atoms with Gasteiger partial charge >= 0.3 is 0 Å². The Morgan fingerprint density at radius 1 is 1.47 bits per heavy atom. The van der Waals surface area contributed by atoms with Crippen LogP contribution in [0.3, 0.4) is 0 Å². The van der Waals surface area contributed by atoms with Crippen molar-refractivity contribution in [3.05, 3.63) is 24.2 Å². The second kappa shape index (κ2) is 3.43. The summed E-state index contributed by atoms with van der Waals surface area (Å²) in [6.07, 6.45) is 2.33. The van der Waals surface area contributed by atoms with Crippen LogP contribution in [0.5, 0.6) is 0 Å². The van der Waals surface area contributed by atoms with Gasteiger partial charge in [-0.25, -0.2) is 17.9 Å². The van der Waals surface area contributed by atoms with Gasteiger partial charge in [-0.3, -0.25) is 0 Å². The van der Waals surface area contributed by atoms with Crippen molar-refractivity contribution in [2.45, 2.75) is 12.3 Å². The molecule has 1 unspecified atom stereocenters. The third-order valence-corrected chi connectivity index (χ3v) is 4.74. The number of sulfone groups is 1. The van der Waals surface area contributed by atoms with E-state index in [2.05, 4.69) is 10.1 Å². The molecule has 90 valence electrons. The number of rotatable bonds is 1. The van der Waals surface area contributed by atoms with Crippen LogP contribution in [-0.4, -0.2) is 34.5 Å². The minimum absolute atomic E-state index is 0.0823. The molecule has 7 heteroatoms. The molecule has 6 nitrogen and oxygen atoms in total. The van der Waals surface area contributed by atoms with Crippen LogP contribution in [0.1, 0.15) is 18.2 Å². The molecular formula is C10H12N4O2S. The zero-order chi connectivity index (χ0) is 12.0. The van der Waals surface area contributed by atoms with Gasteiger partial charge in [0.1, 0.15) is 0 Å². The molecule has 0 aliphatic carbocycles. The molecule has 17 heavy (non-hydrogen) atoms. The SMILES string of the molecule is Nc1ccn2nc(C3CCS(=O)(=O)C3)nc2c1. The first-order valence-corrected chi connectivity index (χ1v) is 7.18. The molecule has 0 bridgehead atoms. The summed E-state index contributed by atoms with van der Waals surface area (Å²) in [5.74, 6) is 0.896. The number of nitrogens with two attached hydrogens (primary N) is 1. The highest BCUT2D eigenvalue weighted by atomic mass is 32.2. The number of pyridine rings is 1. The average molecular weight is 252 g/mol. The van der Waals surface area contributed by atoms with Gasteiger partial charge in [0.2, 0.25) is 0 Å². The highest BCUT2D eigenvalue weighted by molar-refractivity contribution is 7.91. The van der Waals surface area contributed by atoms with E-state index in [1.54, 1.807) is 22.8 Å². The number of hydrogen-bond acceptors (Lipinski definition) is 5. The molecule has 1 saturated heterocycles. The summed E-state index contributed by atoms with van der Waals surface area (Å²) in [5.41, 5.74) is 6.93. The van der Waals surface area contributed by atoms with E-state index in [0.717, 1.165) is 0 Å². The van der Waals surface area contributed by atoms with Gasteiger partial charge in [0.15, 0.2) is 21.3 Å². The standard InChI is InChI=1S/C10H12N4O2S/c11-8-1-3-14-9(5-8)12-10(13-14)7-2-4-17(15,16)6-7/h1,3,5,7H,2,4,6,11H2. The van der Waals surface area contributed by atoms with Gasteiger partial charge in [-0.05, 0) is 12.5 Å². The number of nitrogens with zero attached hydrogens (tertiary/aromatic N) is 3. The van der Waals surface area contributed by atoms with Crippen molar-refractivity contribution in [3.8, 4) is 0 Å². The summed E-state index contributed by atoms with van der Waals surface area (Å²) in [6, 6.07) is 3.46. The quantitative estimate of drug-likeness (QED) is 0.783. The van der Waals surface area contributed by atoms with E-state index in [9.17, 15) is 8.42 Å². The first-order chi connectivity index (χ1) is 8.03. The van der Waals surface area contributed by atoms with Gasteiger partial charge in [-0.15, -0.1) is 0 Å². The van der Waals surface area contributed by atoms with E-state index in [1.165, 1.54) is 0 Å².